The summed E-state index contributed by atoms with van der Waals surface area (Å²) in [5.74, 6) is 0.613. The van der Waals surface area contributed by atoms with E-state index in [0.29, 0.717) is 5.57 Å². The molecule has 1 amide bonds. The quantitative estimate of drug-likeness (QED) is 0.545. The van der Waals surface area contributed by atoms with Crippen molar-refractivity contribution in [2.75, 3.05) is 7.11 Å². The number of carbonyl (C=O) groups is 1. The monoisotopic (exact) mass is 350 g/mol. The van der Waals surface area contributed by atoms with E-state index in [1.165, 1.54) is 5.56 Å². The molecule has 0 aliphatic rings. The summed E-state index contributed by atoms with van der Waals surface area (Å²) in [5, 5.41) is 3.08. The van der Waals surface area contributed by atoms with E-state index in [1.54, 1.807) is 25.5 Å². The minimum absolute atomic E-state index is 0.0815. The molecule has 1 N–H and O–H groups in total. The van der Waals surface area contributed by atoms with Crippen molar-refractivity contribution in [3.63, 3.8) is 0 Å². The van der Waals surface area contributed by atoms with Crippen LogP contribution < -0.4 is 10.1 Å². The molecule has 2 rings (SSSR count). The highest BCUT2D eigenvalue weighted by molar-refractivity contribution is 6.20. The van der Waals surface area contributed by atoms with Crippen LogP contribution in [0.5, 0.6) is 5.75 Å². The first-order valence-corrected chi connectivity index (χ1v) is 8.81. The summed E-state index contributed by atoms with van der Waals surface area (Å²) in [7, 11) is 1.61. The van der Waals surface area contributed by atoms with Crippen LogP contribution in [0.2, 0.25) is 0 Å². The molecule has 0 saturated carbocycles. The topological polar surface area (TPSA) is 51.2 Å². The molecule has 0 aliphatic heterocycles. The lowest BCUT2D eigenvalue weighted by molar-refractivity contribution is -0.116. The van der Waals surface area contributed by atoms with E-state index in [2.05, 4.69) is 22.9 Å². The van der Waals surface area contributed by atoms with Gasteiger partial charge in [0.15, 0.2) is 0 Å². The van der Waals surface area contributed by atoms with E-state index in [0.717, 1.165) is 30.6 Å². The number of aryl methyl sites for hydroxylation is 1. The van der Waals surface area contributed by atoms with Crippen LogP contribution >= 0.6 is 0 Å². The number of hydrogen-bond acceptors (Lipinski definition) is 3. The van der Waals surface area contributed by atoms with Crippen LogP contribution in [-0.2, 0) is 11.2 Å². The van der Waals surface area contributed by atoms with Gasteiger partial charge in [0, 0.05) is 24.0 Å². The van der Waals surface area contributed by atoms with Gasteiger partial charge in [0.05, 0.1) is 7.11 Å². The summed E-state index contributed by atoms with van der Waals surface area (Å²) in [5.41, 5.74) is 2.61. The van der Waals surface area contributed by atoms with Crippen LogP contribution in [0.25, 0.3) is 5.57 Å². The third kappa shape index (κ3) is 5.88. The van der Waals surface area contributed by atoms with Gasteiger partial charge in [-0.1, -0.05) is 30.9 Å². The molecular formula is C22H26N2O2. The van der Waals surface area contributed by atoms with Gasteiger partial charge < -0.3 is 10.1 Å². The SMILES string of the molecule is C=CC=C(C(=O)NC(C)CCCc1cccnc1)c1cccc(OC)c1. The van der Waals surface area contributed by atoms with Gasteiger partial charge in [-0.15, -0.1) is 0 Å². The van der Waals surface area contributed by atoms with Gasteiger partial charge >= 0.3 is 0 Å². The Balaban J connectivity index is 1.94. The summed E-state index contributed by atoms with van der Waals surface area (Å²) >= 11 is 0. The zero-order chi connectivity index (χ0) is 18.8. The average Bonchev–Trinajstić information content (AvgIpc) is 2.66. The molecule has 1 unspecified atom stereocenters. The molecule has 4 nitrogen and oxygen atoms in total. The number of ether oxygens (including phenoxy) is 1. The average molecular weight is 350 g/mol. The van der Waals surface area contributed by atoms with Gasteiger partial charge in [0.1, 0.15) is 5.75 Å². The van der Waals surface area contributed by atoms with Gasteiger partial charge in [0.2, 0.25) is 0 Å². The summed E-state index contributed by atoms with van der Waals surface area (Å²) in [6.45, 7) is 5.75. The molecule has 1 heterocycles. The molecule has 2 aromatic rings. The Hall–Kier alpha value is -2.88. The number of hydrogen-bond donors (Lipinski definition) is 1. The molecular weight excluding hydrogens is 324 g/mol. The lowest BCUT2D eigenvalue weighted by Gasteiger charge is -2.16. The van der Waals surface area contributed by atoms with Crippen LogP contribution in [0.15, 0.2) is 67.5 Å². The maximum atomic E-state index is 12.7. The number of rotatable bonds is 9. The van der Waals surface area contributed by atoms with Crippen molar-refractivity contribution in [2.45, 2.75) is 32.2 Å². The van der Waals surface area contributed by atoms with Crippen LogP contribution in [0, 0.1) is 0 Å². The lowest BCUT2D eigenvalue weighted by atomic mass is 10.0. The molecule has 4 heteroatoms. The molecule has 26 heavy (non-hydrogen) atoms. The summed E-state index contributed by atoms with van der Waals surface area (Å²) in [6.07, 6.45) is 9.87. The predicted octanol–water partition coefficient (Wildman–Crippen LogP) is 4.19. The van der Waals surface area contributed by atoms with Crippen LogP contribution in [0.1, 0.15) is 30.9 Å². The predicted molar refractivity (Wildman–Crippen MR) is 106 cm³/mol. The third-order valence-corrected chi connectivity index (χ3v) is 4.11. The maximum Gasteiger partial charge on any atom is 0.252 e. The molecule has 0 saturated heterocycles. The Labute approximate surface area is 155 Å². The number of pyridine rings is 1. The highest BCUT2D eigenvalue weighted by Crippen LogP contribution is 2.21. The fraction of sp³-hybridized carbons (Fsp3) is 0.273. The first-order valence-electron chi connectivity index (χ1n) is 8.81. The van der Waals surface area contributed by atoms with Gasteiger partial charge in [-0.05, 0) is 61.6 Å². The largest absolute Gasteiger partial charge is 0.497 e. The van der Waals surface area contributed by atoms with Crippen molar-refractivity contribution >= 4 is 11.5 Å². The summed E-state index contributed by atoms with van der Waals surface area (Å²) < 4.78 is 5.25. The molecule has 1 aromatic heterocycles. The second-order valence-electron chi connectivity index (χ2n) is 6.18. The molecule has 0 bridgehead atoms. The number of nitrogens with zero attached hydrogens (tertiary/aromatic N) is 1. The second-order valence-corrected chi connectivity index (χ2v) is 6.18. The minimum Gasteiger partial charge on any atom is -0.497 e. The number of aromatic nitrogens is 1. The fourth-order valence-electron chi connectivity index (χ4n) is 2.74. The molecule has 136 valence electrons. The normalized spacial score (nSPS) is 12.3. The molecule has 0 fully saturated rings. The van der Waals surface area contributed by atoms with E-state index >= 15 is 0 Å². The Morgan fingerprint density at radius 2 is 2.19 bits per heavy atom. The molecule has 0 spiro atoms. The lowest BCUT2D eigenvalue weighted by Crippen LogP contribution is -2.33. The van der Waals surface area contributed by atoms with Crippen molar-refractivity contribution in [3.05, 3.63) is 78.6 Å². The van der Waals surface area contributed by atoms with Gasteiger partial charge in [-0.25, -0.2) is 0 Å². The number of methoxy groups -OCH3 is 1. The number of carbonyl (C=O) groups excluding carboxylic acids is 1. The smallest absolute Gasteiger partial charge is 0.252 e. The molecule has 0 aliphatic carbocycles. The van der Waals surface area contributed by atoms with Crippen LogP contribution in [0.3, 0.4) is 0 Å². The van der Waals surface area contributed by atoms with E-state index in [1.807, 2.05) is 43.5 Å². The van der Waals surface area contributed by atoms with Crippen molar-refractivity contribution in [3.8, 4) is 5.75 Å². The van der Waals surface area contributed by atoms with E-state index < -0.39 is 0 Å². The van der Waals surface area contributed by atoms with Gasteiger partial charge in [0.25, 0.3) is 5.91 Å². The van der Waals surface area contributed by atoms with E-state index in [4.69, 9.17) is 4.74 Å². The first kappa shape index (κ1) is 19.4. The van der Waals surface area contributed by atoms with Crippen LogP contribution in [0.4, 0.5) is 0 Å². The molecule has 1 aromatic carbocycles. The molecule has 1 atom stereocenters. The number of amides is 1. The van der Waals surface area contributed by atoms with Crippen LogP contribution in [-0.4, -0.2) is 24.0 Å². The molecule has 0 radical (unpaired) electrons. The zero-order valence-electron chi connectivity index (χ0n) is 15.4. The fourth-order valence-corrected chi connectivity index (χ4v) is 2.74. The van der Waals surface area contributed by atoms with E-state index in [-0.39, 0.29) is 11.9 Å². The van der Waals surface area contributed by atoms with Crippen molar-refractivity contribution in [1.29, 1.82) is 0 Å². The Morgan fingerprint density at radius 3 is 2.88 bits per heavy atom. The maximum absolute atomic E-state index is 12.7. The van der Waals surface area contributed by atoms with E-state index in [9.17, 15) is 4.79 Å². The van der Waals surface area contributed by atoms with Crippen molar-refractivity contribution < 1.29 is 9.53 Å². The number of allylic oxidation sites excluding steroid dienone is 2. The standard InChI is InChI=1S/C22H26N2O2/c1-4-8-21(19-12-6-13-20(15-19)26-3)22(25)24-17(2)9-5-10-18-11-7-14-23-16-18/h4,6-8,11-17H,1,5,9-10H2,2-3H3,(H,24,25). The third-order valence-electron chi connectivity index (χ3n) is 4.11. The highest BCUT2D eigenvalue weighted by Gasteiger charge is 2.14. The highest BCUT2D eigenvalue weighted by atomic mass is 16.5. The second kappa shape index (κ2) is 10.2. The summed E-state index contributed by atoms with van der Waals surface area (Å²) in [6, 6.07) is 11.6. The van der Waals surface area contributed by atoms with Gasteiger partial charge in [-0.3, -0.25) is 9.78 Å². The first-order chi connectivity index (χ1) is 12.6. The van der Waals surface area contributed by atoms with Crippen molar-refractivity contribution in [2.24, 2.45) is 0 Å². The minimum atomic E-state index is -0.105. The Kier molecular flexibility index (Phi) is 7.62. The van der Waals surface area contributed by atoms with Crippen molar-refractivity contribution in [1.82, 2.24) is 10.3 Å². The Morgan fingerprint density at radius 1 is 1.35 bits per heavy atom. The summed E-state index contributed by atoms with van der Waals surface area (Å²) in [4.78, 5) is 16.8. The zero-order valence-corrected chi connectivity index (χ0v) is 15.4. The number of nitrogens with one attached hydrogen (secondary N) is 1. The Bertz CT molecular complexity index is 754. The number of benzene rings is 1. The van der Waals surface area contributed by atoms with Gasteiger partial charge in [-0.2, -0.15) is 0 Å².